The third-order valence-corrected chi connectivity index (χ3v) is 2.34. The molecule has 0 fully saturated rings. The Balaban J connectivity index is 2.08. The zero-order valence-corrected chi connectivity index (χ0v) is 8.89. The molecule has 80 valence electrons. The molecule has 0 atom stereocenters. The number of rotatable bonds is 4. The molecule has 0 radical (unpaired) electrons. The van der Waals surface area contributed by atoms with Gasteiger partial charge in [0.2, 0.25) is 0 Å². The molecule has 2 rings (SSSR count). The first-order chi connectivity index (χ1) is 7.88. The van der Waals surface area contributed by atoms with Crippen molar-refractivity contribution in [2.24, 2.45) is 0 Å². The van der Waals surface area contributed by atoms with Crippen molar-refractivity contribution < 1.29 is 4.79 Å². The Hall–Kier alpha value is -2.09. The number of carbonyl (C=O) groups excluding carboxylic acids is 1. The lowest BCUT2D eigenvalue weighted by Crippen LogP contribution is -1.91. The van der Waals surface area contributed by atoms with Crippen LogP contribution in [0.4, 0.5) is 11.4 Å². The van der Waals surface area contributed by atoms with Gasteiger partial charge in [0, 0.05) is 17.8 Å². The second kappa shape index (κ2) is 5.12. The fraction of sp³-hybridized carbons (Fsp3) is 0.0714. The molecule has 0 aliphatic heterocycles. The summed E-state index contributed by atoms with van der Waals surface area (Å²) in [5.74, 6) is 0. The highest BCUT2D eigenvalue weighted by Gasteiger charge is 1.94. The fourth-order valence-electron chi connectivity index (χ4n) is 1.51. The molecule has 0 heterocycles. The van der Waals surface area contributed by atoms with Crippen molar-refractivity contribution in [2.45, 2.75) is 6.42 Å². The van der Waals surface area contributed by atoms with Crippen molar-refractivity contribution in [1.29, 1.82) is 0 Å². The normalized spacial score (nSPS) is 9.75. The van der Waals surface area contributed by atoms with Crippen molar-refractivity contribution in [2.75, 3.05) is 5.32 Å². The highest BCUT2D eigenvalue weighted by molar-refractivity contribution is 5.61. The van der Waals surface area contributed by atoms with E-state index in [1.165, 1.54) is 0 Å². The molecule has 0 aliphatic rings. The maximum Gasteiger partial charge on any atom is 0.124 e. The van der Waals surface area contributed by atoms with Gasteiger partial charge in [0.15, 0.2) is 0 Å². The van der Waals surface area contributed by atoms with Crippen LogP contribution < -0.4 is 5.32 Å². The van der Waals surface area contributed by atoms with E-state index in [0.717, 1.165) is 23.2 Å². The van der Waals surface area contributed by atoms with Crippen molar-refractivity contribution >= 4 is 17.7 Å². The van der Waals surface area contributed by atoms with Crippen LogP contribution in [0.5, 0.6) is 0 Å². The molecular formula is C14H13NO. The van der Waals surface area contributed by atoms with Crippen LogP contribution in [0.1, 0.15) is 5.56 Å². The molecule has 2 nitrogen and oxygen atoms in total. The Bertz CT molecular complexity index is 448. The first-order valence-electron chi connectivity index (χ1n) is 5.23. The number of nitrogens with one attached hydrogen (secondary N) is 1. The first-order valence-corrected chi connectivity index (χ1v) is 5.23. The number of para-hydroxylation sites is 1. The van der Waals surface area contributed by atoms with Crippen LogP contribution in [0.25, 0.3) is 0 Å². The number of hydrogen-bond donors (Lipinski definition) is 1. The molecule has 0 saturated heterocycles. The summed E-state index contributed by atoms with van der Waals surface area (Å²) < 4.78 is 0. The van der Waals surface area contributed by atoms with E-state index in [0.29, 0.717) is 6.42 Å². The summed E-state index contributed by atoms with van der Waals surface area (Å²) >= 11 is 0. The number of hydrogen-bond acceptors (Lipinski definition) is 2. The van der Waals surface area contributed by atoms with Gasteiger partial charge in [-0.3, -0.25) is 0 Å². The predicted octanol–water partition coefficient (Wildman–Crippen LogP) is 3.17. The Morgan fingerprint density at radius 1 is 0.875 bits per heavy atom. The number of anilines is 2. The third kappa shape index (κ3) is 2.70. The van der Waals surface area contributed by atoms with Crippen molar-refractivity contribution in [3.8, 4) is 0 Å². The molecule has 16 heavy (non-hydrogen) atoms. The Labute approximate surface area is 94.9 Å². The largest absolute Gasteiger partial charge is 0.356 e. The number of benzene rings is 2. The zero-order chi connectivity index (χ0) is 11.2. The lowest BCUT2D eigenvalue weighted by atomic mass is 10.1. The van der Waals surface area contributed by atoms with Crippen molar-refractivity contribution in [3.63, 3.8) is 0 Å². The maximum atomic E-state index is 10.3. The summed E-state index contributed by atoms with van der Waals surface area (Å²) in [5, 5.41) is 3.28. The Morgan fingerprint density at radius 2 is 1.50 bits per heavy atom. The molecule has 0 saturated carbocycles. The van der Waals surface area contributed by atoms with Gasteiger partial charge in [0.05, 0.1) is 0 Å². The molecule has 0 bridgehead atoms. The minimum absolute atomic E-state index is 0.478. The first kappa shape index (κ1) is 10.4. The smallest absolute Gasteiger partial charge is 0.124 e. The summed E-state index contributed by atoms with van der Waals surface area (Å²) in [6.07, 6.45) is 1.39. The SMILES string of the molecule is O=CCc1ccc(Nc2ccccc2)cc1. The second-order valence-corrected chi connectivity index (χ2v) is 3.56. The highest BCUT2D eigenvalue weighted by atomic mass is 16.1. The highest BCUT2D eigenvalue weighted by Crippen LogP contribution is 2.16. The van der Waals surface area contributed by atoms with Gasteiger partial charge in [-0.05, 0) is 29.8 Å². The topological polar surface area (TPSA) is 29.1 Å². The van der Waals surface area contributed by atoms with Gasteiger partial charge in [-0.15, -0.1) is 0 Å². The summed E-state index contributed by atoms with van der Waals surface area (Å²) in [6.45, 7) is 0. The molecule has 0 aromatic heterocycles. The van der Waals surface area contributed by atoms with Crippen LogP contribution in [0.15, 0.2) is 54.6 Å². The third-order valence-electron chi connectivity index (χ3n) is 2.34. The number of carbonyl (C=O) groups is 1. The number of aldehydes is 1. The van der Waals surface area contributed by atoms with Gasteiger partial charge in [-0.25, -0.2) is 0 Å². The van der Waals surface area contributed by atoms with Crippen LogP contribution in [0.3, 0.4) is 0 Å². The van der Waals surface area contributed by atoms with E-state index in [-0.39, 0.29) is 0 Å². The van der Waals surface area contributed by atoms with Crippen LogP contribution in [0, 0.1) is 0 Å². The van der Waals surface area contributed by atoms with Gasteiger partial charge in [-0.2, -0.15) is 0 Å². The molecule has 0 unspecified atom stereocenters. The quantitative estimate of drug-likeness (QED) is 0.787. The van der Waals surface area contributed by atoms with E-state index in [4.69, 9.17) is 0 Å². The lowest BCUT2D eigenvalue weighted by Gasteiger charge is -2.06. The van der Waals surface area contributed by atoms with E-state index in [1.807, 2.05) is 54.6 Å². The second-order valence-electron chi connectivity index (χ2n) is 3.56. The van der Waals surface area contributed by atoms with Crippen LogP contribution >= 0.6 is 0 Å². The standard InChI is InChI=1S/C14H13NO/c16-11-10-12-6-8-14(9-7-12)15-13-4-2-1-3-5-13/h1-9,11,15H,10H2. The predicted molar refractivity (Wildman–Crippen MR) is 65.9 cm³/mol. The average Bonchev–Trinajstić information content (AvgIpc) is 2.33. The maximum absolute atomic E-state index is 10.3. The van der Waals surface area contributed by atoms with Crippen molar-refractivity contribution in [3.05, 3.63) is 60.2 Å². The van der Waals surface area contributed by atoms with Gasteiger partial charge in [-0.1, -0.05) is 30.3 Å². The molecule has 2 aromatic carbocycles. The van der Waals surface area contributed by atoms with Crippen LogP contribution in [-0.2, 0) is 11.2 Å². The minimum atomic E-state index is 0.478. The molecular weight excluding hydrogens is 198 g/mol. The van der Waals surface area contributed by atoms with Gasteiger partial charge >= 0.3 is 0 Å². The molecule has 2 heteroatoms. The average molecular weight is 211 g/mol. The molecule has 1 N–H and O–H groups in total. The van der Waals surface area contributed by atoms with Crippen LogP contribution in [0.2, 0.25) is 0 Å². The fourth-order valence-corrected chi connectivity index (χ4v) is 1.51. The molecule has 0 spiro atoms. The summed E-state index contributed by atoms with van der Waals surface area (Å²) in [7, 11) is 0. The van der Waals surface area contributed by atoms with Crippen molar-refractivity contribution in [1.82, 2.24) is 0 Å². The van der Waals surface area contributed by atoms with Gasteiger partial charge in [0.25, 0.3) is 0 Å². The molecule has 0 aliphatic carbocycles. The lowest BCUT2D eigenvalue weighted by molar-refractivity contribution is -0.107. The van der Waals surface area contributed by atoms with Gasteiger partial charge in [0.1, 0.15) is 6.29 Å². The Kier molecular flexibility index (Phi) is 3.34. The summed E-state index contributed by atoms with van der Waals surface area (Å²) in [6, 6.07) is 17.9. The monoisotopic (exact) mass is 211 g/mol. The van der Waals surface area contributed by atoms with E-state index < -0.39 is 0 Å². The van der Waals surface area contributed by atoms with Crippen LogP contribution in [-0.4, -0.2) is 6.29 Å². The van der Waals surface area contributed by atoms with E-state index in [2.05, 4.69) is 5.32 Å². The minimum Gasteiger partial charge on any atom is -0.356 e. The van der Waals surface area contributed by atoms with E-state index in [1.54, 1.807) is 0 Å². The zero-order valence-electron chi connectivity index (χ0n) is 8.89. The van der Waals surface area contributed by atoms with E-state index in [9.17, 15) is 4.79 Å². The Morgan fingerprint density at radius 3 is 2.12 bits per heavy atom. The van der Waals surface area contributed by atoms with E-state index >= 15 is 0 Å². The molecule has 0 amide bonds. The van der Waals surface area contributed by atoms with Gasteiger partial charge < -0.3 is 10.1 Å². The summed E-state index contributed by atoms with van der Waals surface area (Å²) in [5.41, 5.74) is 3.13. The summed E-state index contributed by atoms with van der Waals surface area (Å²) in [4.78, 5) is 10.3. The molecule has 2 aromatic rings.